The van der Waals surface area contributed by atoms with Crippen LogP contribution in [0.1, 0.15) is 21.9 Å². The largest absolute Gasteiger partial charge is 0.324 e. The zero-order valence-corrected chi connectivity index (χ0v) is 22.0. The van der Waals surface area contributed by atoms with Gasteiger partial charge in [0.25, 0.3) is 0 Å². The lowest BCUT2D eigenvalue weighted by atomic mass is 9.83. The van der Waals surface area contributed by atoms with Gasteiger partial charge in [0, 0.05) is 16.5 Å². The minimum absolute atomic E-state index is 0.185. The van der Waals surface area contributed by atoms with Crippen molar-refractivity contribution in [3.05, 3.63) is 111 Å². The second-order valence-corrected chi connectivity index (χ2v) is 11.4. The molecule has 3 atom stereocenters. The van der Waals surface area contributed by atoms with Gasteiger partial charge in [-0.3, -0.25) is 23.7 Å². The molecule has 1 saturated heterocycles. The fourth-order valence-corrected chi connectivity index (χ4v) is 7.93. The molecule has 2 aliphatic rings. The molecule has 0 bridgehead atoms. The maximum absolute atomic E-state index is 13.8. The first-order valence-electron chi connectivity index (χ1n) is 12.2. The number of nitrogens with one attached hydrogen (secondary N) is 1. The molecule has 0 unspecified atom stereocenters. The molecule has 9 heteroatoms. The number of amides is 3. The number of nitrogens with zero attached hydrogens (tertiary/aromatic N) is 2. The highest BCUT2D eigenvalue weighted by Gasteiger charge is 2.56. The number of imide groups is 1. The van der Waals surface area contributed by atoms with Gasteiger partial charge in [0.2, 0.25) is 17.7 Å². The fraction of sp³-hybridized carbons (Fsp3) is 0.172. The molecule has 7 nitrogen and oxygen atoms in total. The molecule has 0 radical (unpaired) electrons. The summed E-state index contributed by atoms with van der Waals surface area (Å²) in [7, 11) is 0. The highest BCUT2D eigenvalue weighted by atomic mass is 32.2. The van der Waals surface area contributed by atoms with Gasteiger partial charge in [-0.1, -0.05) is 89.8 Å². The standard InChI is InChI=1S/C29H23N3O4S2/c1-17-10-8-9-15-20(17)30-21(33)16-31-28-25(38-29(31)36)22(18-11-4-2-5-12-18)23-24(37-28)27(35)32(26(23)34)19-13-6-3-7-14-19/h2-15,22-24H,16H2,1H3,(H,30,33)/t22-,23-,24+/m0/s1. The van der Waals surface area contributed by atoms with Gasteiger partial charge in [-0.15, -0.1) is 0 Å². The first-order valence-corrected chi connectivity index (χ1v) is 13.9. The first kappa shape index (κ1) is 24.4. The second-order valence-electron chi connectivity index (χ2n) is 9.29. The first-order chi connectivity index (χ1) is 18.4. The molecule has 3 heterocycles. The fourth-order valence-electron chi connectivity index (χ4n) is 5.15. The van der Waals surface area contributed by atoms with Crippen LogP contribution in [0.5, 0.6) is 0 Å². The topological polar surface area (TPSA) is 88.5 Å². The van der Waals surface area contributed by atoms with Crippen molar-refractivity contribution >= 4 is 52.2 Å². The Hall–Kier alpha value is -3.95. The van der Waals surface area contributed by atoms with Crippen LogP contribution in [0.2, 0.25) is 0 Å². The molecule has 1 aromatic heterocycles. The van der Waals surface area contributed by atoms with E-state index in [9.17, 15) is 19.2 Å². The van der Waals surface area contributed by atoms with Crippen molar-refractivity contribution in [1.82, 2.24) is 4.57 Å². The summed E-state index contributed by atoms with van der Waals surface area (Å²) in [5.74, 6) is -2.04. The van der Waals surface area contributed by atoms with Gasteiger partial charge in [0.15, 0.2) is 0 Å². The highest BCUT2D eigenvalue weighted by molar-refractivity contribution is 8.00. The number of carbonyl (C=O) groups excluding carboxylic acids is 3. The van der Waals surface area contributed by atoms with Gasteiger partial charge < -0.3 is 5.32 Å². The van der Waals surface area contributed by atoms with Crippen LogP contribution in [0, 0.1) is 12.8 Å². The normalized spacial score (nSPS) is 20.2. The lowest BCUT2D eigenvalue weighted by Gasteiger charge is -2.30. The van der Waals surface area contributed by atoms with Crippen molar-refractivity contribution < 1.29 is 14.4 Å². The molecular weight excluding hydrogens is 518 g/mol. The van der Waals surface area contributed by atoms with Crippen molar-refractivity contribution in [3.8, 4) is 0 Å². The summed E-state index contributed by atoms with van der Waals surface area (Å²) in [6, 6.07) is 25.9. The second kappa shape index (κ2) is 9.74. The van der Waals surface area contributed by atoms with Gasteiger partial charge in [-0.05, 0) is 36.2 Å². The third-order valence-electron chi connectivity index (χ3n) is 6.94. The number of thiazole rings is 1. The van der Waals surface area contributed by atoms with E-state index in [0.29, 0.717) is 21.3 Å². The third kappa shape index (κ3) is 4.08. The van der Waals surface area contributed by atoms with E-state index in [-0.39, 0.29) is 29.1 Å². The average molecular weight is 542 g/mol. The summed E-state index contributed by atoms with van der Waals surface area (Å²) < 4.78 is 1.44. The monoisotopic (exact) mass is 541 g/mol. The van der Waals surface area contributed by atoms with Crippen LogP contribution in [0.15, 0.2) is 94.7 Å². The molecule has 2 aliphatic heterocycles. The highest BCUT2D eigenvalue weighted by Crippen LogP contribution is 2.53. The molecule has 0 spiro atoms. The van der Waals surface area contributed by atoms with E-state index in [1.54, 1.807) is 24.3 Å². The molecule has 4 aromatic rings. The summed E-state index contributed by atoms with van der Waals surface area (Å²) in [5.41, 5.74) is 2.98. The van der Waals surface area contributed by atoms with E-state index in [1.807, 2.05) is 67.6 Å². The Labute approximate surface area is 227 Å². The number of para-hydroxylation sites is 2. The summed E-state index contributed by atoms with van der Waals surface area (Å²) in [6.45, 7) is 1.71. The molecule has 3 aromatic carbocycles. The molecular formula is C29H23N3O4S2. The Morgan fingerprint density at radius 3 is 2.24 bits per heavy atom. The minimum Gasteiger partial charge on any atom is -0.324 e. The van der Waals surface area contributed by atoms with Crippen LogP contribution >= 0.6 is 23.1 Å². The smallest absolute Gasteiger partial charge is 0.308 e. The summed E-state index contributed by atoms with van der Waals surface area (Å²) >= 11 is 2.26. The Balaban J connectivity index is 1.41. The quantitative estimate of drug-likeness (QED) is 0.372. The summed E-state index contributed by atoms with van der Waals surface area (Å²) in [6.07, 6.45) is 0. The molecule has 3 amide bonds. The van der Waals surface area contributed by atoms with Crippen LogP contribution in [0.4, 0.5) is 11.4 Å². The average Bonchev–Trinajstić information content (AvgIpc) is 3.37. The summed E-state index contributed by atoms with van der Waals surface area (Å²) in [4.78, 5) is 55.4. The number of carbonyl (C=O) groups is 3. The van der Waals surface area contributed by atoms with Crippen molar-refractivity contribution in [2.75, 3.05) is 10.2 Å². The molecule has 6 rings (SSSR count). The minimum atomic E-state index is -0.708. The maximum Gasteiger partial charge on any atom is 0.308 e. The molecule has 1 N–H and O–H groups in total. The van der Waals surface area contributed by atoms with Crippen LogP contribution < -0.4 is 15.1 Å². The van der Waals surface area contributed by atoms with Crippen LogP contribution in [0.3, 0.4) is 0 Å². The zero-order chi connectivity index (χ0) is 26.4. The molecule has 1 fully saturated rings. The molecule has 0 aliphatic carbocycles. The van der Waals surface area contributed by atoms with Crippen LogP contribution in [0.25, 0.3) is 0 Å². The van der Waals surface area contributed by atoms with Gasteiger partial charge in [0.05, 0.1) is 16.6 Å². The van der Waals surface area contributed by atoms with Crippen molar-refractivity contribution in [3.63, 3.8) is 0 Å². The Morgan fingerprint density at radius 1 is 0.868 bits per heavy atom. The predicted octanol–water partition coefficient (Wildman–Crippen LogP) is 4.65. The van der Waals surface area contributed by atoms with Crippen molar-refractivity contribution in [2.45, 2.75) is 29.7 Å². The number of hydrogen-bond acceptors (Lipinski definition) is 6. The van der Waals surface area contributed by atoms with Gasteiger partial charge in [0.1, 0.15) is 11.8 Å². The number of aryl methyl sites for hydroxylation is 1. The van der Waals surface area contributed by atoms with Gasteiger partial charge in [-0.2, -0.15) is 0 Å². The zero-order valence-electron chi connectivity index (χ0n) is 20.4. The Morgan fingerprint density at radius 2 is 1.53 bits per heavy atom. The molecule has 190 valence electrons. The van der Waals surface area contributed by atoms with Crippen molar-refractivity contribution in [2.24, 2.45) is 5.92 Å². The van der Waals surface area contributed by atoms with E-state index in [4.69, 9.17) is 0 Å². The Bertz CT molecular complexity index is 1610. The number of anilines is 2. The van der Waals surface area contributed by atoms with Gasteiger partial charge in [-0.25, -0.2) is 4.90 Å². The lowest BCUT2D eigenvalue weighted by Crippen LogP contribution is -2.33. The SMILES string of the molecule is Cc1ccccc1NC(=O)Cn1c2c(sc1=O)[C@@H](c1ccccc1)[C@@H]1C(=O)N(c3ccccc3)C(=O)[C@@H]1S2. The lowest BCUT2D eigenvalue weighted by molar-refractivity contribution is -0.122. The van der Waals surface area contributed by atoms with E-state index in [2.05, 4.69) is 5.32 Å². The summed E-state index contributed by atoms with van der Waals surface area (Å²) in [5, 5.41) is 2.75. The van der Waals surface area contributed by atoms with E-state index in [1.165, 1.54) is 21.2 Å². The van der Waals surface area contributed by atoms with E-state index < -0.39 is 17.1 Å². The van der Waals surface area contributed by atoms with E-state index in [0.717, 1.165) is 22.5 Å². The predicted molar refractivity (Wildman–Crippen MR) is 149 cm³/mol. The molecule has 38 heavy (non-hydrogen) atoms. The number of benzene rings is 3. The number of thioether (sulfide) groups is 1. The van der Waals surface area contributed by atoms with Crippen LogP contribution in [-0.4, -0.2) is 27.5 Å². The number of rotatable bonds is 5. The van der Waals surface area contributed by atoms with Crippen LogP contribution in [-0.2, 0) is 20.9 Å². The number of aromatic nitrogens is 1. The third-order valence-corrected chi connectivity index (χ3v) is 9.55. The van der Waals surface area contributed by atoms with Gasteiger partial charge >= 0.3 is 4.87 Å². The Kier molecular flexibility index (Phi) is 6.25. The maximum atomic E-state index is 13.8. The number of fused-ring (bicyclic) bond motifs is 2. The number of hydrogen-bond donors (Lipinski definition) is 1. The van der Waals surface area contributed by atoms with Crippen molar-refractivity contribution in [1.29, 1.82) is 0 Å². The molecule has 0 saturated carbocycles. The van der Waals surface area contributed by atoms with E-state index >= 15 is 0 Å².